The van der Waals surface area contributed by atoms with Gasteiger partial charge in [0.25, 0.3) is 0 Å². The number of pyridine rings is 4. The number of hydrogen-bond donors (Lipinski definition) is 0. The van der Waals surface area contributed by atoms with Crippen LogP contribution >= 0.6 is 0 Å². The normalized spacial score (nSPS) is 17.3. The summed E-state index contributed by atoms with van der Waals surface area (Å²) in [5.74, 6) is 1.50. The van der Waals surface area contributed by atoms with Crippen LogP contribution in [0.4, 0.5) is 0 Å². The molecular weight excluding hydrogens is 1650 g/mol. The average molecular weight is 1820 g/mol. The quantitative estimate of drug-likeness (QED) is 0.0762. The second-order valence-electron chi connectivity index (χ2n) is 48.1. The van der Waals surface area contributed by atoms with Crippen molar-refractivity contribution in [1.29, 1.82) is 0 Å². The zero-order valence-corrected chi connectivity index (χ0v) is 90.9. The summed E-state index contributed by atoms with van der Waals surface area (Å²) in [5, 5.41) is 17.7. The van der Waals surface area contributed by atoms with E-state index >= 15 is 0 Å². The first kappa shape index (κ1) is 97.8. The second-order valence-corrected chi connectivity index (χ2v) is 67.4. The Morgan fingerprint density at radius 3 is 0.855 bits per heavy atom. The monoisotopic (exact) mass is 1820 g/mol. The highest BCUT2D eigenvalue weighted by molar-refractivity contribution is 6.92. The zero-order valence-electron chi connectivity index (χ0n) is 86.9. The lowest BCUT2D eigenvalue weighted by molar-refractivity contribution is -0.659. The summed E-state index contributed by atoms with van der Waals surface area (Å²) in [7, 11) is 2.98. The lowest BCUT2D eigenvalue weighted by atomic mass is 9.76. The van der Waals surface area contributed by atoms with Crippen molar-refractivity contribution in [3.8, 4) is 45.0 Å². The SMILES string of the molecule is Cc1c(-c2c3ccc([Si](C)(C)C4CCCCC4)cc3cc[n+]2C)cc(C(C)(C)C)cc1C(C)(C)C.Cc1cc(C2CCCC2)cc(-c2c3ccc([Si](C)(C)C4CCCCC4)cc3cc[n+]2C)c1C.Cc1ccc(C(C)(C)C)cc1-c1c2ccc([Si](C)(C)C3CCCCC3)cc2cc[n+]1C.Cc1ccc(C2CCCC2)cc1-c1c2ccc([Si](C)(C)C3CCCCC3)cc2cc[n+]1C. The zero-order chi connectivity index (χ0) is 93.6. The third-order valence-corrected chi connectivity index (χ3v) is 52.5. The highest BCUT2D eigenvalue weighted by atomic mass is 28.3. The minimum Gasteiger partial charge on any atom is -0.200 e. The highest BCUT2D eigenvalue weighted by Crippen LogP contribution is 2.47. The van der Waals surface area contributed by atoms with Gasteiger partial charge in [0.15, 0.2) is 24.8 Å². The van der Waals surface area contributed by atoms with E-state index in [1.165, 1.54) is 312 Å². The van der Waals surface area contributed by atoms with Crippen LogP contribution in [0.1, 0.15) is 310 Å². The minimum atomic E-state index is -1.49. The van der Waals surface area contributed by atoms with Gasteiger partial charge >= 0.3 is 0 Å². The number of aromatic nitrogens is 4. The maximum Gasteiger partial charge on any atom is 0.220 e. The molecule has 4 nitrogen and oxygen atoms in total. The topological polar surface area (TPSA) is 15.5 Å². The van der Waals surface area contributed by atoms with Crippen LogP contribution in [0.5, 0.6) is 0 Å². The van der Waals surface area contributed by atoms with E-state index in [0.717, 1.165) is 34.0 Å². The molecule has 0 bridgehead atoms. The lowest BCUT2D eigenvalue weighted by Crippen LogP contribution is -2.46. The van der Waals surface area contributed by atoms with E-state index < -0.39 is 32.3 Å². The predicted molar refractivity (Wildman–Crippen MR) is 580 cm³/mol. The molecule has 0 unspecified atom stereocenters. The molecule has 18 rings (SSSR count). The Morgan fingerprint density at radius 2 is 0.527 bits per heavy atom. The molecular formula is C123H170N4Si4+4. The molecule has 4 aromatic heterocycles. The van der Waals surface area contributed by atoms with Gasteiger partial charge in [-0.15, -0.1) is 0 Å². The van der Waals surface area contributed by atoms with Gasteiger partial charge in [-0.05, 0) is 236 Å². The molecule has 0 atom stereocenters. The standard InChI is InChI=1S/C33H48NSi.C31H42NSi.C30H40NSi.C29H40NSi/c1-23-29(21-25(32(2,3)4)22-30(23)33(5,6)7)31-28-17-16-27(20-24(28)18-19-34(31)8)35(9,10)26-14-12-11-13-15-26;1-22-19-26(24-11-9-10-12-24)21-30(23(22)2)31-29-16-15-28(20-25(29)17-18-32(31)3)33(4,5)27-13-7-6-8-14-27;1-22-14-15-24(23-10-8-9-11-23)21-29(22)30-28-17-16-27(20-25(28)18-19-31(30)2)32(3,4)26-12-6-5-7-13-26;1-21-13-14-23(29(2,3)4)20-27(21)28-26-16-15-25(19-22(26)17-18-30(28)5)31(6,7)24-11-9-8-10-12-24/h16-22,26H,11-15H2,1-10H3;15-21,24,27H,6-14H2,1-5H3;14-21,23,26H,5-13H2,1-4H3;13-20,24H,8-12H2,1-7H3/q4*+1. The Hall–Kier alpha value is -7.73. The first-order chi connectivity index (χ1) is 62.1. The molecule has 0 N–H and O–H groups in total. The van der Waals surface area contributed by atoms with Crippen molar-refractivity contribution in [2.24, 2.45) is 28.2 Å². The Bertz CT molecular complexity index is 6090. The van der Waals surface area contributed by atoms with Crippen LogP contribution in [0, 0.1) is 34.6 Å². The molecule has 0 amide bonds. The molecule has 6 saturated carbocycles. The Balaban J connectivity index is 0.000000134. The van der Waals surface area contributed by atoms with Crippen LogP contribution in [0.2, 0.25) is 74.5 Å². The molecule has 0 saturated heterocycles. The van der Waals surface area contributed by atoms with Crippen molar-refractivity contribution >= 4 is 96.1 Å². The number of benzene rings is 8. The van der Waals surface area contributed by atoms with Crippen molar-refractivity contribution < 1.29 is 18.3 Å². The second kappa shape index (κ2) is 39.9. The molecule has 8 aromatic carbocycles. The molecule has 12 aromatic rings. The summed E-state index contributed by atoms with van der Waals surface area (Å²) in [6, 6.07) is 63.4. The molecule has 6 aliphatic rings. The molecule has 0 spiro atoms. The third-order valence-electron chi connectivity index (χ3n) is 34.8. The number of aryl methyl sites for hydroxylation is 7. The van der Waals surface area contributed by atoms with Crippen LogP contribution in [0.3, 0.4) is 0 Å². The van der Waals surface area contributed by atoms with E-state index in [2.05, 4.69) is 378 Å². The van der Waals surface area contributed by atoms with Crippen LogP contribution in [0.25, 0.3) is 88.1 Å². The van der Waals surface area contributed by atoms with Crippen LogP contribution in [-0.2, 0) is 44.4 Å². The van der Waals surface area contributed by atoms with E-state index in [9.17, 15) is 0 Å². The highest BCUT2D eigenvalue weighted by Gasteiger charge is 2.41. The van der Waals surface area contributed by atoms with E-state index in [0.29, 0.717) is 0 Å². The van der Waals surface area contributed by atoms with Crippen molar-refractivity contribution in [2.75, 3.05) is 0 Å². The summed E-state index contributed by atoms with van der Waals surface area (Å²) in [5.41, 5.74) is 29.5. The summed E-state index contributed by atoms with van der Waals surface area (Å²) >= 11 is 0. The summed E-state index contributed by atoms with van der Waals surface area (Å²) in [6.07, 6.45) is 48.8. The molecule has 0 radical (unpaired) electrons. The van der Waals surface area contributed by atoms with Gasteiger partial charge in [0.05, 0.1) is 65.0 Å². The predicted octanol–water partition coefficient (Wildman–Crippen LogP) is 31.1. The first-order valence-corrected chi connectivity index (χ1v) is 64.6. The maximum atomic E-state index is 2.62. The van der Waals surface area contributed by atoms with Crippen molar-refractivity contribution in [2.45, 2.75) is 379 Å². The number of fused-ring (bicyclic) bond motifs is 4. The van der Waals surface area contributed by atoms with Crippen molar-refractivity contribution in [1.82, 2.24) is 0 Å². The maximum absolute atomic E-state index is 2.62. The molecule has 0 aliphatic heterocycles. The molecule has 6 fully saturated rings. The van der Waals surface area contributed by atoms with Gasteiger partial charge in [-0.3, -0.25) is 0 Å². The fraction of sp³-hybridized carbons (Fsp3) is 0.512. The summed E-state index contributed by atoms with van der Waals surface area (Å²) in [6.45, 7) is 53.3. The average Bonchev–Trinajstić information content (AvgIpc) is 1.59. The van der Waals surface area contributed by atoms with E-state index in [-0.39, 0.29) is 16.2 Å². The van der Waals surface area contributed by atoms with Crippen molar-refractivity contribution in [3.63, 3.8) is 0 Å². The summed E-state index contributed by atoms with van der Waals surface area (Å²) < 4.78 is 9.34. The largest absolute Gasteiger partial charge is 0.220 e. The van der Waals surface area contributed by atoms with Gasteiger partial charge < -0.3 is 0 Å². The molecule has 4 heterocycles. The van der Waals surface area contributed by atoms with Gasteiger partial charge in [-0.25, -0.2) is 18.3 Å². The van der Waals surface area contributed by atoms with E-state index in [1.54, 1.807) is 31.9 Å². The lowest BCUT2D eigenvalue weighted by Gasteiger charge is -2.36. The Morgan fingerprint density at radius 1 is 0.244 bits per heavy atom. The van der Waals surface area contributed by atoms with Crippen LogP contribution in [0.15, 0.2) is 183 Å². The smallest absolute Gasteiger partial charge is 0.200 e. The fourth-order valence-electron chi connectivity index (χ4n) is 25.2. The Kier molecular flexibility index (Phi) is 29.8. The molecule has 8 heteroatoms. The van der Waals surface area contributed by atoms with Crippen molar-refractivity contribution in [3.05, 3.63) is 238 Å². The van der Waals surface area contributed by atoms with Gasteiger partial charge in [-0.2, -0.15) is 0 Å². The van der Waals surface area contributed by atoms with Gasteiger partial charge in [0.2, 0.25) is 22.8 Å². The molecule has 694 valence electrons. The van der Waals surface area contributed by atoms with Crippen LogP contribution in [-0.4, -0.2) is 32.3 Å². The minimum absolute atomic E-state index is 0.103. The number of rotatable bonds is 14. The van der Waals surface area contributed by atoms with Gasteiger partial charge in [0.1, 0.15) is 28.2 Å². The Labute approximate surface area is 799 Å². The summed E-state index contributed by atoms with van der Waals surface area (Å²) in [4.78, 5) is 0. The fourth-order valence-corrected chi connectivity index (χ4v) is 38.7. The molecule has 131 heavy (non-hydrogen) atoms. The van der Waals surface area contributed by atoms with E-state index in [4.69, 9.17) is 0 Å². The van der Waals surface area contributed by atoms with Gasteiger partial charge in [-0.1, -0.05) is 374 Å². The third kappa shape index (κ3) is 21.0. The van der Waals surface area contributed by atoms with Crippen LogP contribution < -0.4 is 39.0 Å². The number of nitrogens with zero attached hydrogens (tertiary/aromatic N) is 4. The number of hydrogen-bond acceptors (Lipinski definition) is 0. The first-order valence-electron chi connectivity index (χ1n) is 52.3. The molecule has 6 aliphatic carbocycles. The van der Waals surface area contributed by atoms with E-state index in [1.807, 2.05) is 0 Å². The van der Waals surface area contributed by atoms with Gasteiger partial charge in [0, 0.05) is 35.4 Å².